The van der Waals surface area contributed by atoms with E-state index in [0.29, 0.717) is 6.54 Å². The van der Waals surface area contributed by atoms with Crippen LogP contribution in [-0.2, 0) is 4.79 Å². The summed E-state index contributed by atoms with van der Waals surface area (Å²) in [5.41, 5.74) is 0.981. The molecule has 1 amide bonds. The van der Waals surface area contributed by atoms with Gasteiger partial charge in [0.25, 0.3) is 0 Å². The second-order valence-corrected chi connectivity index (χ2v) is 3.10. The van der Waals surface area contributed by atoms with Gasteiger partial charge in [-0.3, -0.25) is 9.89 Å². The molecule has 0 fully saturated rings. The quantitative estimate of drug-likeness (QED) is 0.630. The van der Waals surface area contributed by atoms with Crippen LogP contribution in [0, 0.1) is 0 Å². The Balaban J connectivity index is 2.33. The molecular weight excluding hydrogens is 180 g/mol. The number of nitrogens with one attached hydrogen (secondary N) is 3. The molecule has 3 N–H and O–H groups in total. The van der Waals surface area contributed by atoms with Crippen molar-refractivity contribution in [3.63, 3.8) is 0 Å². The van der Waals surface area contributed by atoms with Gasteiger partial charge in [0.05, 0.1) is 18.8 Å². The van der Waals surface area contributed by atoms with Crippen LogP contribution in [-0.4, -0.2) is 29.2 Å². The standard InChI is InChI=1S/C9H16N4O/c1-3-10-6-9(14)13-7(2)8-4-11-12-5-8/h4-5,7,10H,3,6H2,1-2H3,(H,11,12)(H,13,14). The summed E-state index contributed by atoms with van der Waals surface area (Å²) in [7, 11) is 0. The SMILES string of the molecule is CCNCC(=O)NC(C)c1cn[nH]c1. The fourth-order valence-corrected chi connectivity index (χ4v) is 1.11. The molecule has 78 valence electrons. The fraction of sp³-hybridized carbons (Fsp3) is 0.556. The summed E-state index contributed by atoms with van der Waals surface area (Å²) in [5.74, 6) is 0.000509. The number of aromatic amines is 1. The summed E-state index contributed by atoms with van der Waals surface area (Å²) in [6.45, 7) is 5.05. The molecule has 0 saturated carbocycles. The smallest absolute Gasteiger partial charge is 0.234 e. The number of hydrogen-bond acceptors (Lipinski definition) is 3. The molecule has 0 saturated heterocycles. The van der Waals surface area contributed by atoms with Crippen LogP contribution in [0.1, 0.15) is 25.5 Å². The van der Waals surface area contributed by atoms with Gasteiger partial charge in [0.15, 0.2) is 0 Å². The molecule has 1 aromatic heterocycles. The molecule has 14 heavy (non-hydrogen) atoms. The van der Waals surface area contributed by atoms with Crippen LogP contribution in [0.4, 0.5) is 0 Å². The zero-order chi connectivity index (χ0) is 10.4. The molecule has 0 bridgehead atoms. The minimum Gasteiger partial charge on any atom is -0.348 e. The zero-order valence-electron chi connectivity index (χ0n) is 8.50. The van der Waals surface area contributed by atoms with Crippen LogP contribution < -0.4 is 10.6 Å². The van der Waals surface area contributed by atoms with Crippen molar-refractivity contribution in [3.8, 4) is 0 Å². The van der Waals surface area contributed by atoms with Crippen LogP contribution in [0.5, 0.6) is 0 Å². The molecule has 0 spiro atoms. The second-order valence-electron chi connectivity index (χ2n) is 3.10. The van der Waals surface area contributed by atoms with Crippen molar-refractivity contribution in [1.29, 1.82) is 0 Å². The number of carbonyl (C=O) groups is 1. The zero-order valence-corrected chi connectivity index (χ0v) is 8.50. The van der Waals surface area contributed by atoms with E-state index in [1.165, 1.54) is 0 Å². The van der Waals surface area contributed by atoms with Gasteiger partial charge in [-0.1, -0.05) is 6.92 Å². The highest BCUT2D eigenvalue weighted by atomic mass is 16.1. The third-order valence-corrected chi connectivity index (χ3v) is 1.93. The molecule has 1 atom stereocenters. The van der Waals surface area contributed by atoms with E-state index in [0.717, 1.165) is 12.1 Å². The summed E-state index contributed by atoms with van der Waals surface area (Å²) in [4.78, 5) is 11.3. The molecule has 0 aliphatic heterocycles. The first-order valence-electron chi connectivity index (χ1n) is 4.72. The summed E-state index contributed by atoms with van der Waals surface area (Å²) in [6, 6.07) is -0.0000869. The van der Waals surface area contributed by atoms with Crippen LogP contribution in [0.2, 0.25) is 0 Å². The van der Waals surface area contributed by atoms with Gasteiger partial charge in [-0.2, -0.15) is 5.10 Å². The maximum Gasteiger partial charge on any atom is 0.234 e. The summed E-state index contributed by atoms with van der Waals surface area (Å²) < 4.78 is 0. The Kier molecular flexibility index (Phi) is 4.12. The van der Waals surface area contributed by atoms with Crippen LogP contribution in [0.25, 0.3) is 0 Å². The Morgan fingerprint density at radius 2 is 2.50 bits per heavy atom. The average Bonchev–Trinajstić information content (AvgIpc) is 2.67. The predicted molar refractivity (Wildman–Crippen MR) is 53.7 cm³/mol. The average molecular weight is 196 g/mol. The molecule has 1 aromatic rings. The van der Waals surface area contributed by atoms with Gasteiger partial charge < -0.3 is 10.6 Å². The van der Waals surface area contributed by atoms with Gasteiger partial charge in [0, 0.05) is 11.8 Å². The molecule has 0 aliphatic carbocycles. The van der Waals surface area contributed by atoms with E-state index in [2.05, 4.69) is 20.8 Å². The van der Waals surface area contributed by atoms with E-state index >= 15 is 0 Å². The first-order valence-corrected chi connectivity index (χ1v) is 4.72. The lowest BCUT2D eigenvalue weighted by molar-refractivity contribution is -0.120. The maximum absolute atomic E-state index is 11.3. The van der Waals surface area contributed by atoms with Gasteiger partial charge in [-0.05, 0) is 13.5 Å². The summed E-state index contributed by atoms with van der Waals surface area (Å²) >= 11 is 0. The Hall–Kier alpha value is -1.36. The molecule has 0 radical (unpaired) electrons. The number of carbonyl (C=O) groups excluding carboxylic acids is 1. The molecule has 1 unspecified atom stereocenters. The lowest BCUT2D eigenvalue weighted by Crippen LogP contribution is -2.35. The van der Waals surface area contributed by atoms with Gasteiger partial charge >= 0.3 is 0 Å². The monoisotopic (exact) mass is 196 g/mol. The van der Waals surface area contributed by atoms with Crippen molar-refractivity contribution in [2.45, 2.75) is 19.9 Å². The van der Waals surface area contributed by atoms with Crippen LogP contribution in [0.15, 0.2) is 12.4 Å². The van der Waals surface area contributed by atoms with E-state index in [-0.39, 0.29) is 11.9 Å². The van der Waals surface area contributed by atoms with Crippen molar-refractivity contribution in [2.75, 3.05) is 13.1 Å². The summed E-state index contributed by atoms with van der Waals surface area (Å²) in [6.07, 6.45) is 3.48. The molecule has 0 aliphatic rings. The Morgan fingerprint density at radius 1 is 1.71 bits per heavy atom. The largest absolute Gasteiger partial charge is 0.348 e. The highest BCUT2D eigenvalue weighted by molar-refractivity contribution is 5.78. The highest BCUT2D eigenvalue weighted by Crippen LogP contribution is 2.07. The van der Waals surface area contributed by atoms with Crippen molar-refractivity contribution in [1.82, 2.24) is 20.8 Å². The Bertz CT molecular complexity index is 270. The molecule has 1 rings (SSSR count). The lowest BCUT2D eigenvalue weighted by atomic mass is 10.2. The lowest BCUT2D eigenvalue weighted by Gasteiger charge is -2.11. The number of nitrogens with zero attached hydrogens (tertiary/aromatic N) is 1. The number of rotatable bonds is 5. The Labute approximate surface area is 83.3 Å². The van der Waals surface area contributed by atoms with E-state index in [4.69, 9.17) is 0 Å². The maximum atomic E-state index is 11.3. The van der Waals surface area contributed by atoms with Crippen molar-refractivity contribution >= 4 is 5.91 Å². The predicted octanol–water partition coefficient (Wildman–Crippen LogP) is 0.196. The molecule has 5 nitrogen and oxygen atoms in total. The number of likely N-dealkylation sites (N-methyl/N-ethyl adjacent to an activating group) is 1. The number of H-pyrrole nitrogens is 1. The first kappa shape index (κ1) is 10.7. The van der Waals surface area contributed by atoms with Crippen molar-refractivity contribution in [2.24, 2.45) is 0 Å². The topological polar surface area (TPSA) is 69.8 Å². The minimum atomic E-state index is -0.0000869. The third kappa shape index (κ3) is 3.18. The van der Waals surface area contributed by atoms with Crippen molar-refractivity contribution < 1.29 is 4.79 Å². The third-order valence-electron chi connectivity index (χ3n) is 1.93. The van der Waals surface area contributed by atoms with Gasteiger partial charge in [-0.15, -0.1) is 0 Å². The molecule has 1 heterocycles. The van der Waals surface area contributed by atoms with Crippen LogP contribution in [0.3, 0.4) is 0 Å². The van der Waals surface area contributed by atoms with E-state index in [9.17, 15) is 4.79 Å². The first-order chi connectivity index (χ1) is 6.74. The van der Waals surface area contributed by atoms with E-state index in [1.54, 1.807) is 12.4 Å². The van der Waals surface area contributed by atoms with E-state index < -0.39 is 0 Å². The van der Waals surface area contributed by atoms with Gasteiger partial charge in [0.1, 0.15) is 0 Å². The Morgan fingerprint density at radius 3 is 3.07 bits per heavy atom. The second kappa shape index (κ2) is 5.39. The fourth-order valence-electron chi connectivity index (χ4n) is 1.11. The normalized spacial score (nSPS) is 12.4. The minimum absolute atomic E-state index is 0.0000869. The number of hydrogen-bond donors (Lipinski definition) is 3. The number of amides is 1. The molecule has 5 heteroatoms. The number of aromatic nitrogens is 2. The highest BCUT2D eigenvalue weighted by Gasteiger charge is 2.09. The van der Waals surface area contributed by atoms with Crippen molar-refractivity contribution in [3.05, 3.63) is 18.0 Å². The van der Waals surface area contributed by atoms with Gasteiger partial charge in [0.2, 0.25) is 5.91 Å². The molecular formula is C9H16N4O. The molecule has 0 aromatic carbocycles. The summed E-state index contributed by atoms with van der Waals surface area (Å²) in [5, 5.41) is 12.3. The van der Waals surface area contributed by atoms with Crippen LogP contribution >= 0.6 is 0 Å². The van der Waals surface area contributed by atoms with E-state index in [1.807, 2.05) is 13.8 Å². The van der Waals surface area contributed by atoms with Gasteiger partial charge in [-0.25, -0.2) is 0 Å².